The molecule has 2 aliphatic carbocycles. The molecule has 0 unspecified atom stereocenters. The summed E-state index contributed by atoms with van der Waals surface area (Å²) < 4.78 is 5.61. The highest BCUT2D eigenvalue weighted by Gasteiger charge is 2.58. The fourth-order valence-electron chi connectivity index (χ4n) is 5.54. The van der Waals surface area contributed by atoms with Gasteiger partial charge < -0.3 is 14.9 Å². The molecule has 3 rings (SSSR count). The Hall–Kier alpha value is -1.71. The van der Waals surface area contributed by atoms with E-state index in [2.05, 4.69) is 20.8 Å². The fourth-order valence-corrected chi connectivity index (χ4v) is 5.54. The number of benzene rings is 1. The molecule has 1 aromatic carbocycles. The maximum Gasteiger partial charge on any atom is 0.314 e. The molecule has 1 aromatic rings. The molecular formula is C21H30O4. The lowest BCUT2D eigenvalue weighted by atomic mass is 9.49. The van der Waals surface area contributed by atoms with Crippen LogP contribution in [0.15, 0.2) is 6.07 Å². The lowest BCUT2D eigenvalue weighted by molar-refractivity contribution is -0.152. The number of methoxy groups -OCH3 is 1. The summed E-state index contributed by atoms with van der Waals surface area (Å²) in [4.78, 5) is 12.6. The van der Waals surface area contributed by atoms with Gasteiger partial charge in [-0.15, -0.1) is 0 Å². The summed E-state index contributed by atoms with van der Waals surface area (Å²) in [5, 5.41) is 21.1. The predicted molar refractivity (Wildman–Crippen MR) is 97.4 cm³/mol. The summed E-state index contributed by atoms with van der Waals surface area (Å²) in [7, 11) is 1.54. The highest BCUT2D eigenvalue weighted by molar-refractivity contribution is 5.85. The maximum atomic E-state index is 12.6. The molecule has 0 heterocycles. The maximum absolute atomic E-state index is 12.6. The highest BCUT2D eigenvalue weighted by Crippen LogP contribution is 2.60. The third kappa shape index (κ3) is 2.52. The quantitative estimate of drug-likeness (QED) is 0.845. The molecule has 1 saturated carbocycles. The summed E-state index contributed by atoms with van der Waals surface area (Å²) in [6.07, 6.45) is 5.98. The van der Waals surface area contributed by atoms with Crippen LogP contribution in [-0.2, 0) is 23.1 Å². The third-order valence-electron chi connectivity index (χ3n) is 6.60. The molecule has 1 fully saturated rings. The molecule has 2 N–H and O–H groups in total. The summed E-state index contributed by atoms with van der Waals surface area (Å²) in [6.45, 7) is 6.46. The van der Waals surface area contributed by atoms with E-state index < -0.39 is 11.4 Å². The molecule has 0 bridgehead atoms. The van der Waals surface area contributed by atoms with Crippen molar-refractivity contribution >= 4 is 5.97 Å². The van der Waals surface area contributed by atoms with Crippen molar-refractivity contribution in [2.75, 3.05) is 7.11 Å². The van der Waals surface area contributed by atoms with Gasteiger partial charge in [0.1, 0.15) is 0 Å². The lowest BCUT2D eigenvalue weighted by Crippen LogP contribution is -2.54. The zero-order valence-electron chi connectivity index (χ0n) is 15.8. The number of carbonyl (C=O) groups is 1. The first-order valence-electron chi connectivity index (χ1n) is 9.45. The van der Waals surface area contributed by atoms with E-state index in [1.165, 1.54) is 7.11 Å². The van der Waals surface area contributed by atoms with Gasteiger partial charge in [0.15, 0.2) is 11.5 Å². The van der Waals surface area contributed by atoms with Crippen LogP contribution in [0.2, 0.25) is 0 Å². The second-order valence-corrected chi connectivity index (χ2v) is 8.41. The van der Waals surface area contributed by atoms with E-state index in [-0.39, 0.29) is 17.1 Å². The molecule has 0 aromatic heterocycles. The average Bonchev–Trinajstić information content (AvgIpc) is 2.55. The summed E-state index contributed by atoms with van der Waals surface area (Å²) in [5.41, 5.74) is 1.67. The molecule has 4 nitrogen and oxygen atoms in total. The first-order chi connectivity index (χ1) is 11.8. The van der Waals surface area contributed by atoms with Crippen LogP contribution >= 0.6 is 0 Å². The van der Waals surface area contributed by atoms with Crippen molar-refractivity contribution in [1.82, 2.24) is 0 Å². The van der Waals surface area contributed by atoms with E-state index in [1.807, 2.05) is 6.07 Å². The smallest absolute Gasteiger partial charge is 0.314 e. The second kappa shape index (κ2) is 6.22. The normalized spacial score (nSPS) is 27.3. The number of hydrogen-bond donors (Lipinski definition) is 2. The lowest BCUT2D eigenvalue weighted by Gasteiger charge is -2.53. The number of hydrogen-bond acceptors (Lipinski definition) is 3. The minimum atomic E-state index is -0.955. The number of carboxylic acids is 1. The number of phenols is 1. The summed E-state index contributed by atoms with van der Waals surface area (Å²) in [6, 6.07) is 2.03. The van der Waals surface area contributed by atoms with Crippen molar-refractivity contribution in [3.8, 4) is 11.5 Å². The van der Waals surface area contributed by atoms with Gasteiger partial charge in [-0.1, -0.05) is 39.7 Å². The van der Waals surface area contributed by atoms with Gasteiger partial charge in [0.2, 0.25) is 0 Å². The van der Waals surface area contributed by atoms with Crippen molar-refractivity contribution in [3.05, 3.63) is 22.8 Å². The fraction of sp³-hybridized carbons (Fsp3) is 0.667. The third-order valence-corrected chi connectivity index (χ3v) is 6.60. The number of aliphatic carboxylic acids is 1. The number of aryl methyl sites for hydroxylation is 2. The number of ether oxygens (including phenoxy) is 1. The predicted octanol–water partition coefficient (Wildman–Crippen LogP) is 4.45. The van der Waals surface area contributed by atoms with Gasteiger partial charge in [-0.25, -0.2) is 0 Å². The van der Waals surface area contributed by atoms with Crippen LogP contribution in [0.5, 0.6) is 11.5 Å². The molecule has 0 radical (unpaired) electrons. The molecule has 138 valence electrons. The Morgan fingerprint density at radius 3 is 2.68 bits per heavy atom. The van der Waals surface area contributed by atoms with Gasteiger partial charge in [0.25, 0.3) is 0 Å². The molecule has 2 aliphatic rings. The number of rotatable bonds is 4. The Balaban J connectivity index is 2.30. The highest BCUT2D eigenvalue weighted by atomic mass is 16.5. The van der Waals surface area contributed by atoms with Gasteiger partial charge in [0.05, 0.1) is 12.5 Å². The molecule has 2 atom stereocenters. The van der Waals surface area contributed by atoms with Gasteiger partial charge >= 0.3 is 5.97 Å². The van der Waals surface area contributed by atoms with Gasteiger partial charge in [0, 0.05) is 5.56 Å². The SMILES string of the molecule is CCCc1cc2c(c(OC)c1O)[C@@]1(C(=O)O)CCCC(C)(C)[C@@H]1CC2. The number of aromatic hydroxyl groups is 1. The summed E-state index contributed by atoms with van der Waals surface area (Å²) >= 11 is 0. The number of carboxylic acid groups (broad SMARTS) is 1. The largest absolute Gasteiger partial charge is 0.504 e. The number of fused-ring (bicyclic) bond motifs is 3. The summed E-state index contributed by atoms with van der Waals surface area (Å²) in [5.74, 6) is -0.185. The van der Waals surface area contributed by atoms with Crippen LogP contribution in [0, 0.1) is 11.3 Å². The Labute approximate surface area is 150 Å². The van der Waals surface area contributed by atoms with Crippen LogP contribution in [0.3, 0.4) is 0 Å². The van der Waals surface area contributed by atoms with E-state index in [0.29, 0.717) is 12.2 Å². The van der Waals surface area contributed by atoms with Crippen molar-refractivity contribution in [2.24, 2.45) is 11.3 Å². The molecule has 4 heteroatoms. The van der Waals surface area contributed by atoms with E-state index >= 15 is 0 Å². The van der Waals surface area contributed by atoms with E-state index in [1.54, 1.807) is 0 Å². The first-order valence-corrected chi connectivity index (χ1v) is 9.45. The van der Waals surface area contributed by atoms with Crippen LogP contribution in [0.25, 0.3) is 0 Å². The zero-order chi connectivity index (χ0) is 18.4. The Morgan fingerprint density at radius 2 is 2.08 bits per heavy atom. The van der Waals surface area contributed by atoms with E-state index in [0.717, 1.165) is 55.2 Å². The van der Waals surface area contributed by atoms with E-state index in [9.17, 15) is 15.0 Å². The minimum absolute atomic E-state index is 0.0307. The van der Waals surface area contributed by atoms with Gasteiger partial charge in [-0.2, -0.15) is 0 Å². The molecule has 0 saturated heterocycles. The van der Waals surface area contributed by atoms with Crippen molar-refractivity contribution in [3.63, 3.8) is 0 Å². The Morgan fingerprint density at radius 1 is 1.36 bits per heavy atom. The molecule has 0 aliphatic heterocycles. The Bertz CT molecular complexity index is 692. The zero-order valence-corrected chi connectivity index (χ0v) is 15.8. The molecule has 0 amide bonds. The first kappa shape index (κ1) is 18.1. The second-order valence-electron chi connectivity index (χ2n) is 8.41. The topological polar surface area (TPSA) is 66.8 Å². The average molecular weight is 346 g/mol. The standard InChI is InChI=1S/C21H30O4/c1-5-7-14-12-13-8-9-15-20(2,3)10-6-11-21(15,19(23)24)16(13)18(25-4)17(14)22/h12,15,22H,5-11H2,1-4H3,(H,23,24)/t15-,21+/m0/s1. The van der Waals surface area contributed by atoms with E-state index in [4.69, 9.17) is 4.74 Å². The van der Waals surface area contributed by atoms with Gasteiger partial charge in [-0.05, 0) is 54.6 Å². The molecule has 0 spiro atoms. The van der Waals surface area contributed by atoms with Crippen molar-refractivity contribution in [1.29, 1.82) is 0 Å². The van der Waals surface area contributed by atoms with Crippen LogP contribution < -0.4 is 4.74 Å². The Kier molecular flexibility index (Phi) is 4.50. The van der Waals surface area contributed by atoms with Crippen LogP contribution in [-0.4, -0.2) is 23.3 Å². The van der Waals surface area contributed by atoms with Crippen molar-refractivity contribution in [2.45, 2.75) is 71.1 Å². The minimum Gasteiger partial charge on any atom is -0.504 e. The van der Waals surface area contributed by atoms with Crippen LogP contribution in [0.4, 0.5) is 0 Å². The number of phenolic OH excluding ortho intramolecular Hbond substituents is 1. The monoisotopic (exact) mass is 346 g/mol. The molecular weight excluding hydrogens is 316 g/mol. The van der Waals surface area contributed by atoms with Crippen molar-refractivity contribution < 1.29 is 19.7 Å². The van der Waals surface area contributed by atoms with Crippen LogP contribution in [0.1, 0.15) is 69.6 Å². The van der Waals surface area contributed by atoms with Gasteiger partial charge in [-0.3, -0.25) is 4.79 Å². The molecule has 25 heavy (non-hydrogen) atoms.